The predicted octanol–water partition coefficient (Wildman–Crippen LogP) is 4.98. The molecule has 0 N–H and O–H groups in total. The van der Waals surface area contributed by atoms with Crippen LogP contribution in [0.5, 0.6) is 0 Å². The highest BCUT2D eigenvalue weighted by atomic mass is 16.5. The molecule has 1 aliphatic rings. The number of fused-ring (bicyclic) bond motifs is 1. The van der Waals surface area contributed by atoms with Gasteiger partial charge in [-0.2, -0.15) is 4.98 Å². The molecule has 0 unspecified atom stereocenters. The summed E-state index contributed by atoms with van der Waals surface area (Å²) in [7, 11) is 0. The van der Waals surface area contributed by atoms with Gasteiger partial charge in [0.15, 0.2) is 11.5 Å². The first-order valence-electron chi connectivity index (χ1n) is 10.1. The van der Waals surface area contributed by atoms with Gasteiger partial charge in [-0.25, -0.2) is 4.98 Å². The first-order valence-corrected chi connectivity index (χ1v) is 10.1. The highest BCUT2D eigenvalue weighted by molar-refractivity contribution is 5.88. The number of para-hydroxylation sites is 1. The van der Waals surface area contributed by atoms with Gasteiger partial charge in [-0.05, 0) is 51.0 Å². The largest absolute Gasteiger partial charge is 0.440 e. The van der Waals surface area contributed by atoms with Crippen LogP contribution in [0.4, 0.5) is 0 Å². The zero-order valence-electron chi connectivity index (χ0n) is 16.4. The van der Waals surface area contributed by atoms with E-state index in [0.717, 1.165) is 54.4 Å². The average Bonchev–Trinajstić information content (AvgIpc) is 3.34. The first kappa shape index (κ1) is 18.2. The molecular formula is C21H28N4O2. The second kappa shape index (κ2) is 7.80. The second-order valence-corrected chi connectivity index (χ2v) is 7.78. The molecule has 27 heavy (non-hydrogen) atoms. The lowest BCUT2D eigenvalue weighted by atomic mass is 9.96. The number of rotatable bonds is 6. The molecule has 1 saturated heterocycles. The van der Waals surface area contributed by atoms with Gasteiger partial charge >= 0.3 is 0 Å². The summed E-state index contributed by atoms with van der Waals surface area (Å²) in [5, 5.41) is 4.25. The summed E-state index contributed by atoms with van der Waals surface area (Å²) in [4.78, 5) is 11.9. The molecule has 0 aliphatic carbocycles. The molecule has 0 spiro atoms. The molecule has 1 aromatic carbocycles. The van der Waals surface area contributed by atoms with Crippen LogP contribution in [0.25, 0.3) is 22.5 Å². The van der Waals surface area contributed by atoms with Crippen LogP contribution in [0.1, 0.15) is 70.1 Å². The van der Waals surface area contributed by atoms with Crippen molar-refractivity contribution in [1.29, 1.82) is 0 Å². The maximum Gasteiger partial charge on any atom is 0.230 e. The van der Waals surface area contributed by atoms with E-state index in [4.69, 9.17) is 13.9 Å². The summed E-state index contributed by atoms with van der Waals surface area (Å²) in [6.45, 7) is 9.81. The topological polar surface area (TPSA) is 68.2 Å². The van der Waals surface area contributed by atoms with Gasteiger partial charge in [0.25, 0.3) is 0 Å². The van der Waals surface area contributed by atoms with E-state index in [9.17, 15) is 0 Å². The Morgan fingerprint density at radius 3 is 2.74 bits per heavy atom. The molecule has 3 heterocycles. The van der Waals surface area contributed by atoms with Crippen LogP contribution in [0.2, 0.25) is 0 Å². The average molecular weight is 368 g/mol. The van der Waals surface area contributed by atoms with Gasteiger partial charge in [-0.3, -0.25) is 0 Å². The zero-order valence-corrected chi connectivity index (χ0v) is 16.4. The summed E-state index contributed by atoms with van der Waals surface area (Å²) >= 11 is 0. The number of unbranched alkanes of at least 4 members (excludes halogenated alkanes) is 1. The smallest absolute Gasteiger partial charge is 0.230 e. The maximum atomic E-state index is 5.86. The van der Waals surface area contributed by atoms with E-state index in [1.165, 1.54) is 19.4 Å². The molecule has 1 fully saturated rings. The molecule has 0 radical (unpaired) electrons. The van der Waals surface area contributed by atoms with Crippen LogP contribution in [-0.2, 0) is 0 Å². The van der Waals surface area contributed by atoms with Gasteiger partial charge in [-0.1, -0.05) is 38.4 Å². The second-order valence-electron chi connectivity index (χ2n) is 7.78. The van der Waals surface area contributed by atoms with Gasteiger partial charge in [-0.15, -0.1) is 0 Å². The molecule has 0 saturated carbocycles. The van der Waals surface area contributed by atoms with E-state index in [0.29, 0.717) is 11.7 Å². The van der Waals surface area contributed by atoms with Gasteiger partial charge in [0.1, 0.15) is 5.52 Å². The number of hydrogen-bond donors (Lipinski definition) is 0. The maximum absolute atomic E-state index is 5.86. The number of nitrogens with zero attached hydrogens (tertiary/aromatic N) is 4. The fourth-order valence-electron chi connectivity index (χ4n) is 3.69. The number of benzene rings is 1. The minimum absolute atomic E-state index is 0.240. The fourth-order valence-corrected chi connectivity index (χ4v) is 3.69. The van der Waals surface area contributed by atoms with Crippen LogP contribution in [-0.4, -0.2) is 39.7 Å². The zero-order chi connectivity index (χ0) is 18.8. The lowest BCUT2D eigenvalue weighted by molar-refractivity contribution is 0.192. The Kier molecular flexibility index (Phi) is 5.25. The third-order valence-electron chi connectivity index (χ3n) is 5.38. The number of hydrogen-bond acceptors (Lipinski definition) is 6. The quantitative estimate of drug-likeness (QED) is 0.611. The lowest BCUT2D eigenvalue weighted by Gasteiger charge is -2.30. The molecule has 6 heteroatoms. The van der Waals surface area contributed by atoms with Gasteiger partial charge in [0.2, 0.25) is 11.7 Å². The molecule has 6 nitrogen and oxygen atoms in total. The van der Waals surface area contributed by atoms with E-state index in [-0.39, 0.29) is 5.92 Å². The molecule has 2 aromatic heterocycles. The van der Waals surface area contributed by atoms with Crippen molar-refractivity contribution in [2.75, 3.05) is 19.6 Å². The fraction of sp³-hybridized carbons (Fsp3) is 0.571. The van der Waals surface area contributed by atoms with Gasteiger partial charge in [0, 0.05) is 11.8 Å². The van der Waals surface area contributed by atoms with E-state index in [1.807, 2.05) is 18.2 Å². The van der Waals surface area contributed by atoms with Gasteiger partial charge < -0.3 is 13.8 Å². The Hall–Kier alpha value is -2.21. The number of likely N-dealkylation sites (tertiary alicyclic amines) is 1. The van der Waals surface area contributed by atoms with Crippen molar-refractivity contribution in [3.05, 3.63) is 30.0 Å². The summed E-state index contributed by atoms with van der Waals surface area (Å²) < 4.78 is 11.5. The Morgan fingerprint density at radius 1 is 1.19 bits per heavy atom. The van der Waals surface area contributed by atoms with E-state index in [1.54, 1.807) is 0 Å². The van der Waals surface area contributed by atoms with Crippen LogP contribution in [0, 0.1) is 0 Å². The van der Waals surface area contributed by atoms with Crippen molar-refractivity contribution in [3.63, 3.8) is 0 Å². The van der Waals surface area contributed by atoms with Crippen molar-refractivity contribution < 1.29 is 8.94 Å². The molecule has 4 rings (SSSR count). The summed E-state index contributed by atoms with van der Waals surface area (Å²) in [6.07, 6.45) is 4.68. The van der Waals surface area contributed by atoms with Crippen LogP contribution >= 0.6 is 0 Å². The molecule has 144 valence electrons. The molecule has 0 amide bonds. The Balaban J connectivity index is 1.53. The van der Waals surface area contributed by atoms with Crippen molar-refractivity contribution in [1.82, 2.24) is 20.0 Å². The third kappa shape index (κ3) is 3.76. The normalized spacial score (nSPS) is 16.6. The molecule has 0 bridgehead atoms. The van der Waals surface area contributed by atoms with Crippen molar-refractivity contribution in [3.8, 4) is 11.4 Å². The van der Waals surface area contributed by atoms with Crippen molar-refractivity contribution >= 4 is 11.1 Å². The predicted molar refractivity (Wildman–Crippen MR) is 105 cm³/mol. The SMILES string of the molecule is CCCCN1CCC(c2nc(-c3cccc4oc(C(C)C)nc34)no2)CC1. The first-order chi connectivity index (χ1) is 13.2. The molecule has 3 aromatic rings. The number of oxazole rings is 1. The number of aromatic nitrogens is 3. The van der Waals surface area contributed by atoms with Crippen molar-refractivity contribution in [2.24, 2.45) is 0 Å². The van der Waals surface area contributed by atoms with Crippen molar-refractivity contribution in [2.45, 2.75) is 58.3 Å². The summed E-state index contributed by atoms with van der Waals surface area (Å²) in [6, 6.07) is 5.87. The minimum Gasteiger partial charge on any atom is -0.440 e. The summed E-state index contributed by atoms with van der Waals surface area (Å²) in [5.74, 6) is 2.69. The van der Waals surface area contributed by atoms with Crippen LogP contribution < -0.4 is 0 Å². The van der Waals surface area contributed by atoms with E-state index >= 15 is 0 Å². The Labute approximate surface area is 160 Å². The molecule has 0 atom stereocenters. The minimum atomic E-state index is 0.240. The van der Waals surface area contributed by atoms with Gasteiger partial charge in [0.05, 0.1) is 5.56 Å². The Bertz CT molecular complexity index is 891. The van der Waals surface area contributed by atoms with E-state index in [2.05, 4.69) is 35.8 Å². The highest BCUT2D eigenvalue weighted by Crippen LogP contribution is 2.32. The Morgan fingerprint density at radius 2 is 2.00 bits per heavy atom. The van der Waals surface area contributed by atoms with Crippen LogP contribution in [0.15, 0.2) is 27.1 Å². The number of piperidine rings is 1. The lowest BCUT2D eigenvalue weighted by Crippen LogP contribution is -2.33. The van der Waals surface area contributed by atoms with E-state index < -0.39 is 0 Å². The van der Waals surface area contributed by atoms with Crippen LogP contribution in [0.3, 0.4) is 0 Å². The standard InChI is InChI=1S/C21H28N4O2/c1-4-5-11-25-12-9-15(10-13-25)21-23-19(24-27-21)16-7-6-8-17-18(16)22-20(26-17)14(2)3/h6-8,14-15H,4-5,9-13H2,1-3H3. The monoisotopic (exact) mass is 368 g/mol. The summed E-state index contributed by atoms with van der Waals surface area (Å²) in [5.41, 5.74) is 2.45. The third-order valence-corrected chi connectivity index (χ3v) is 5.38. The highest BCUT2D eigenvalue weighted by Gasteiger charge is 2.26. The molecule has 1 aliphatic heterocycles. The molecular weight excluding hydrogens is 340 g/mol.